The quantitative estimate of drug-likeness (QED) is 0.676. The Morgan fingerprint density at radius 2 is 2.33 bits per heavy atom. The molecule has 1 aliphatic rings. The summed E-state index contributed by atoms with van der Waals surface area (Å²) in [6, 6.07) is 0. The molecule has 2 unspecified atom stereocenters. The van der Waals surface area contributed by atoms with Gasteiger partial charge in [0.25, 0.3) is 0 Å². The van der Waals surface area contributed by atoms with Crippen molar-refractivity contribution in [3.63, 3.8) is 0 Å². The van der Waals surface area contributed by atoms with Gasteiger partial charge >= 0.3 is 11.9 Å². The Bertz CT molecular complexity index is 259. The summed E-state index contributed by atoms with van der Waals surface area (Å²) in [4.78, 5) is 21.7. The molecule has 5 heteroatoms. The second kappa shape index (κ2) is 4.61. The van der Waals surface area contributed by atoms with E-state index in [9.17, 15) is 14.7 Å². The number of rotatable bonds is 4. The molecule has 15 heavy (non-hydrogen) atoms. The van der Waals surface area contributed by atoms with E-state index in [0.29, 0.717) is 6.42 Å². The van der Waals surface area contributed by atoms with Gasteiger partial charge in [-0.05, 0) is 6.42 Å². The standard InChI is InChI=1S/C10H16O5/c1-2-3-7-4-10(14,5-8(11)12)6-9(13)15-7/h7,14H,2-6H2,1H3,(H,11,12). The van der Waals surface area contributed by atoms with Crippen molar-refractivity contribution in [3.05, 3.63) is 0 Å². The van der Waals surface area contributed by atoms with E-state index < -0.39 is 24.0 Å². The van der Waals surface area contributed by atoms with E-state index in [1.165, 1.54) is 0 Å². The van der Waals surface area contributed by atoms with E-state index >= 15 is 0 Å². The van der Waals surface area contributed by atoms with Gasteiger partial charge in [0.05, 0.1) is 18.4 Å². The fourth-order valence-corrected chi connectivity index (χ4v) is 1.93. The van der Waals surface area contributed by atoms with Crippen molar-refractivity contribution in [1.82, 2.24) is 0 Å². The van der Waals surface area contributed by atoms with Gasteiger partial charge in [0, 0.05) is 6.42 Å². The summed E-state index contributed by atoms with van der Waals surface area (Å²) >= 11 is 0. The Hall–Kier alpha value is -1.10. The Morgan fingerprint density at radius 3 is 2.87 bits per heavy atom. The molecule has 1 heterocycles. The molecule has 0 spiro atoms. The third kappa shape index (κ3) is 3.51. The Balaban J connectivity index is 2.64. The summed E-state index contributed by atoms with van der Waals surface area (Å²) < 4.78 is 5.01. The van der Waals surface area contributed by atoms with Crippen molar-refractivity contribution in [2.75, 3.05) is 0 Å². The van der Waals surface area contributed by atoms with Crippen LogP contribution < -0.4 is 0 Å². The molecule has 1 rings (SSSR count). The monoisotopic (exact) mass is 216 g/mol. The van der Waals surface area contributed by atoms with E-state index in [1.54, 1.807) is 0 Å². The van der Waals surface area contributed by atoms with Crippen LogP contribution in [0.25, 0.3) is 0 Å². The molecule has 1 saturated heterocycles. The lowest BCUT2D eigenvalue weighted by Crippen LogP contribution is -2.44. The minimum atomic E-state index is -1.43. The smallest absolute Gasteiger partial charge is 0.309 e. The Morgan fingerprint density at radius 1 is 1.67 bits per heavy atom. The summed E-state index contributed by atoms with van der Waals surface area (Å²) in [5, 5.41) is 18.5. The maximum absolute atomic E-state index is 11.2. The van der Waals surface area contributed by atoms with Gasteiger partial charge in [0.2, 0.25) is 0 Å². The van der Waals surface area contributed by atoms with Crippen LogP contribution in [0.15, 0.2) is 0 Å². The predicted molar refractivity (Wildman–Crippen MR) is 51.2 cm³/mol. The summed E-state index contributed by atoms with van der Waals surface area (Å²) in [6.07, 6.45) is 0.746. The van der Waals surface area contributed by atoms with Crippen molar-refractivity contribution >= 4 is 11.9 Å². The van der Waals surface area contributed by atoms with Crippen molar-refractivity contribution in [1.29, 1.82) is 0 Å². The lowest BCUT2D eigenvalue weighted by atomic mass is 9.86. The van der Waals surface area contributed by atoms with Crippen LogP contribution in [0, 0.1) is 0 Å². The fraction of sp³-hybridized carbons (Fsp3) is 0.800. The first kappa shape index (κ1) is 12.0. The molecule has 0 aromatic rings. The summed E-state index contributed by atoms with van der Waals surface area (Å²) in [6.45, 7) is 1.94. The van der Waals surface area contributed by atoms with Crippen molar-refractivity contribution in [3.8, 4) is 0 Å². The number of esters is 1. The average Bonchev–Trinajstić information content (AvgIpc) is 1.99. The van der Waals surface area contributed by atoms with Gasteiger partial charge in [-0.3, -0.25) is 9.59 Å². The largest absolute Gasteiger partial charge is 0.481 e. The number of hydrogen-bond donors (Lipinski definition) is 2. The number of carbonyl (C=O) groups excluding carboxylic acids is 1. The van der Waals surface area contributed by atoms with Crippen molar-refractivity contribution in [2.24, 2.45) is 0 Å². The van der Waals surface area contributed by atoms with Gasteiger partial charge in [-0.15, -0.1) is 0 Å². The fourth-order valence-electron chi connectivity index (χ4n) is 1.93. The zero-order valence-corrected chi connectivity index (χ0v) is 8.73. The molecule has 0 radical (unpaired) electrons. The van der Waals surface area contributed by atoms with Gasteiger partial charge in [-0.25, -0.2) is 0 Å². The van der Waals surface area contributed by atoms with Gasteiger partial charge < -0.3 is 14.9 Å². The van der Waals surface area contributed by atoms with Gasteiger partial charge in [-0.1, -0.05) is 13.3 Å². The lowest BCUT2D eigenvalue weighted by molar-refractivity contribution is -0.173. The van der Waals surface area contributed by atoms with E-state index in [-0.39, 0.29) is 18.9 Å². The zero-order valence-electron chi connectivity index (χ0n) is 8.73. The molecular weight excluding hydrogens is 200 g/mol. The van der Waals surface area contributed by atoms with Crippen LogP contribution in [0.5, 0.6) is 0 Å². The Labute approximate surface area is 88.0 Å². The molecule has 2 N–H and O–H groups in total. The lowest BCUT2D eigenvalue weighted by Gasteiger charge is -2.34. The highest BCUT2D eigenvalue weighted by molar-refractivity contribution is 5.75. The van der Waals surface area contributed by atoms with Crippen LogP contribution in [0.1, 0.15) is 39.0 Å². The predicted octanol–water partition coefficient (Wildman–Crippen LogP) is 0.698. The first-order valence-electron chi connectivity index (χ1n) is 5.09. The SMILES string of the molecule is CCCC1CC(O)(CC(=O)O)CC(=O)O1. The molecule has 5 nitrogen and oxygen atoms in total. The highest BCUT2D eigenvalue weighted by Crippen LogP contribution is 2.30. The van der Waals surface area contributed by atoms with Gasteiger partial charge in [0.15, 0.2) is 0 Å². The van der Waals surface area contributed by atoms with Crippen LogP contribution in [0.2, 0.25) is 0 Å². The van der Waals surface area contributed by atoms with E-state index in [1.807, 2.05) is 6.92 Å². The molecule has 0 aromatic carbocycles. The topological polar surface area (TPSA) is 83.8 Å². The van der Waals surface area contributed by atoms with Gasteiger partial charge in [-0.2, -0.15) is 0 Å². The molecule has 1 fully saturated rings. The molecular formula is C10H16O5. The molecule has 0 bridgehead atoms. The van der Waals surface area contributed by atoms with E-state index in [4.69, 9.17) is 9.84 Å². The van der Waals surface area contributed by atoms with Crippen LogP contribution >= 0.6 is 0 Å². The van der Waals surface area contributed by atoms with Crippen LogP contribution in [-0.2, 0) is 14.3 Å². The first-order chi connectivity index (χ1) is 6.95. The molecule has 0 amide bonds. The number of aliphatic carboxylic acids is 1. The number of aliphatic hydroxyl groups is 1. The number of hydrogen-bond acceptors (Lipinski definition) is 4. The molecule has 0 aliphatic carbocycles. The second-order valence-corrected chi connectivity index (χ2v) is 4.08. The number of ether oxygens (including phenoxy) is 1. The van der Waals surface area contributed by atoms with E-state index in [2.05, 4.69) is 0 Å². The maximum Gasteiger partial charge on any atom is 0.309 e. The van der Waals surface area contributed by atoms with Crippen molar-refractivity contribution < 1.29 is 24.5 Å². The first-order valence-corrected chi connectivity index (χ1v) is 5.09. The maximum atomic E-state index is 11.2. The number of cyclic esters (lactones) is 1. The third-order valence-electron chi connectivity index (χ3n) is 2.47. The molecule has 0 saturated carbocycles. The van der Waals surface area contributed by atoms with Crippen molar-refractivity contribution in [2.45, 2.75) is 50.7 Å². The van der Waals surface area contributed by atoms with Gasteiger partial charge in [0.1, 0.15) is 6.10 Å². The third-order valence-corrected chi connectivity index (χ3v) is 2.47. The number of carboxylic acids is 1. The highest BCUT2D eigenvalue weighted by Gasteiger charge is 2.41. The second-order valence-electron chi connectivity index (χ2n) is 4.08. The normalized spacial score (nSPS) is 31.1. The summed E-state index contributed by atoms with van der Waals surface area (Å²) in [5.41, 5.74) is -1.43. The molecule has 2 atom stereocenters. The summed E-state index contributed by atoms with van der Waals surface area (Å²) in [5.74, 6) is -1.61. The van der Waals surface area contributed by atoms with Crippen LogP contribution in [0.4, 0.5) is 0 Å². The van der Waals surface area contributed by atoms with Crippen LogP contribution in [-0.4, -0.2) is 33.9 Å². The number of carbonyl (C=O) groups is 2. The molecule has 1 aliphatic heterocycles. The Kier molecular flexibility index (Phi) is 3.68. The summed E-state index contributed by atoms with van der Waals surface area (Å²) in [7, 11) is 0. The highest BCUT2D eigenvalue weighted by atomic mass is 16.5. The minimum Gasteiger partial charge on any atom is -0.481 e. The van der Waals surface area contributed by atoms with E-state index in [0.717, 1.165) is 6.42 Å². The number of carboxylic acid groups (broad SMARTS) is 1. The van der Waals surface area contributed by atoms with Crippen LogP contribution in [0.3, 0.4) is 0 Å². The molecule has 86 valence electrons. The molecule has 0 aromatic heterocycles. The average molecular weight is 216 g/mol. The zero-order chi connectivity index (χ0) is 11.5. The minimum absolute atomic E-state index is 0.221.